The van der Waals surface area contributed by atoms with Gasteiger partial charge in [-0.05, 0) is 24.3 Å². The maximum atomic E-state index is 11.2. The van der Waals surface area contributed by atoms with E-state index in [1.807, 2.05) is 6.08 Å². The first kappa shape index (κ1) is 12.5. The SMILES string of the molecule is CC(=O)OC[C@]12C=CC(OC(C)=O)C1[C@H]1C=C[C@@H]2C1. The van der Waals surface area contributed by atoms with Crippen molar-refractivity contribution in [3.63, 3.8) is 0 Å². The van der Waals surface area contributed by atoms with Crippen LogP contribution >= 0.6 is 0 Å². The summed E-state index contributed by atoms with van der Waals surface area (Å²) in [5.41, 5.74) is -0.175. The van der Waals surface area contributed by atoms with Crippen LogP contribution in [0.4, 0.5) is 0 Å². The molecular weight excluding hydrogens is 244 g/mol. The second-order valence-electron chi connectivity index (χ2n) is 5.74. The van der Waals surface area contributed by atoms with Crippen molar-refractivity contribution in [1.82, 2.24) is 0 Å². The molecule has 1 fully saturated rings. The third-order valence-electron chi connectivity index (χ3n) is 4.67. The molecule has 0 aromatic heterocycles. The molecule has 2 bridgehead atoms. The van der Waals surface area contributed by atoms with Crippen LogP contribution < -0.4 is 0 Å². The van der Waals surface area contributed by atoms with Crippen molar-refractivity contribution >= 4 is 11.9 Å². The van der Waals surface area contributed by atoms with Gasteiger partial charge >= 0.3 is 11.9 Å². The monoisotopic (exact) mass is 262 g/mol. The van der Waals surface area contributed by atoms with Crippen molar-refractivity contribution in [1.29, 1.82) is 0 Å². The van der Waals surface area contributed by atoms with E-state index < -0.39 is 0 Å². The molecule has 2 unspecified atom stereocenters. The van der Waals surface area contributed by atoms with Gasteiger partial charge < -0.3 is 9.47 Å². The van der Waals surface area contributed by atoms with Gasteiger partial charge in [0.1, 0.15) is 12.7 Å². The molecule has 0 radical (unpaired) electrons. The quantitative estimate of drug-likeness (QED) is 0.575. The molecule has 0 N–H and O–H groups in total. The summed E-state index contributed by atoms with van der Waals surface area (Å²) in [7, 11) is 0. The van der Waals surface area contributed by atoms with E-state index in [1.165, 1.54) is 13.8 Å². The Morgan fingerprint density at radius 1 is 1.21 bits per heavy atom. The Bertz CT molecular complexity index is 479. The number of carbonyl (C=O) groups excluding carboxylic acids is 2. The smallest absolute Gasteiger partial charge is 0.303 e. The fraction of sp³-hybridized carbons (Fsp3) is 0.600. The molecule has 102 valence electrons. The Morgan fingerprint density at radius 3 is 2.68 bits per heavy atom. The van der Waals surface area contributed by atoms with Crippen LogP contribution in [0.1, 0.15) is 20.3 Å². The summed E-state index contributed by atoms with van der Waals surface area (Å²) >= 11 is 0. The molecule has 1 saturated carbocycles. The number of rotatable bonds is 3. The molecule has 4 nitrogen and oxygen atoms in total. The van der Waals surface area contributed by atoms with Gasteiger partial charge in [0.05, 0.1) is 0 Å². The minimum Gasteiger partial charge on any atom is -0.465 e. The molecule has 0 aromatic rings. The summed E-state index contributed by atoms with van der Waals surface area (Å²) in [5.74, 6) is 0.498. The van der Waals surface area contributed by atoms with Crippen LogP contribution in [0.25, 0.3) is 0 Å². The Hall–Kier alpha value is -1.58. The Labute approximate surface area is 112 Å². The largest absolute Gasteiger partial charge is 0.465 e. The highest BCUT2D eigenvalue weighted by molar-refractivity contribution is 5.67. The molecule has 0 aromatic carbocycles. The highest BCUT2D eigenvalue weighted by atomic mass is 16.5. The maximum Gasteiger partial charge on any atom is 0.303 e. The van der Waals surface area contributed by atoms with Crippen molar-refractivity contribution in [2.75, 3.05) is 6.61 Å². The average Bonchev–Trinajstić information content (AvgIpc) is 2.98. The third-order valence-corrected chi connectivity index (χ3v) is 4.67. The Kier molecular flexibility index (Phi) is 2.77. The van der Waals surface area contributed by atoms with Crippen molar-refractivity contribution in [2.24, 2.45) is 23.2 Å². The van der Waals surface area contributed by atoms with E-state index >= 15 is 0 Å². The first-order chi connectivity index (χ1) is 9.03. The summed E-state index contributed by atoms with van der Waals surface area (Å²) in [6, 6.07) is 0. The highest BCUT2D eigenvalue weighted by Gasteiger charge is 2.60. The average molecular weight is 262 g/mol. The third kappa shape index (κ3) is 1.81. The van der Waals surface area contributed by atoms with Crippen LogP contribution in [-0.4, -0.2) is 24.6 Å². The van der Waals surface area contributed by atoms with E-state index in [1.54, 1.807) is 0 Å². The lowest BCUT2D eigenvalue weighted by Gasteiger charge is -2.37. The number of esters is 2. The first-order valence-electron chi connectivity index (χ1n) is 6.71. The van der Waals surface area contributed by atoms with Crippen LogP contribution in [-0.2, 0) is 19.1 Å². The molecule has 0 heterocycles. The standard InChI is InChI=1S/C15H18O4/c1-9(16)18-8-15-6-5-13(19-10(2)17)14(15)11-3-4-12(15)7-11/h3-6,11-14H,7-8H2,1-2H3/t11-,12+,13?,14?,15-/m0/s1. The van der Waals surface area contributed by atoms with E-state index in [9.17, 15) is 9.59 Å². The second-order valence-corrected chi connectivity index (χ2v) is 5.74. The van der Waals surface area contributed by atoms with Gasteiger partial charge in [-0.3, -0.25) is 9.59 Å². The lowest BCUT2D eigenvalue weighted by molar-refractivity contribution is -0.152. The molecule has 5 atom stereocenters. The normalized spacial score (nSPS) is 41.4. The zero-order chi connectivity index (χ0) is 13.6. The fourth-order valence-corrected chi connectivity index (χ4v) is 4.00. The second kappa shape index (κ2) is 4.22. The van der Waals surface area contributed by atoms with Crippen LogP contribution in [0, 0.1) is 23.2 Å². The van der Waals surface area contributed by atoms with E-state index in [0.29, 0.717) is 18.4 Å². The molecule has 0 amide bonds. The Balaban J connectivity index is 1.85. The van der Waals surface area contributed by atoms with Crippen molar-refractivity contribution in [3.8, 4) is 0 Å². The zero-order valence-electron chi connectivity index (χ0n) is 11.2. The minimum atomic E-state index is -0.260. The number of hydrogen-bond acceptors (Lipinski definition) is 4. The van der Waals surface area contributed by atoms with Crippen LogP contribution in [0.15, 0.2) is 24.3 Å². The van der Waals surface area contributed by atoms with Crippen molar-refractivity contribution < 1.29 is 19.1 Å². The summed E-state index contributed by atoms with van der Waals surface area (Å²) in [5, 5.41) is 0. The van der Waals surface area contributed by atoms with E-state index in [0.717, 1.165) is 6.42 Å². The number of hydrogen-bond donors (Lipinski definition) is 0. The molecule has 3 aliphatic rings. The molecule has 0 saturated heterocycles. The van der Waals surface area contributed by atoms with Crippen LogP contribution in [0.3, 0.4) is 0 Å². The molecule has 0 spiro atoms. The van der Waals surface area contributed by atoms with E-state index in [4.69, 9.17) is 9.47 Å². The molecule has 3 aliphatic carbocycles. The minimum absolute atomic E-state index is 0.175. The number of fused-ring (bicyclic) bond motifs is 5. The number of allylic oxidation sites excluding steroid dienone is 2. The van der Waals surface area contributed by atoms with Gasteiger partial charge in [-0.15, -0.1) is 0 Å². The molecule has 19 heavy (non-hydrogen) atoms. The lowest BCUT2D eigenvalue weighted by atomic mass is 9.70. The van der Waals surface area contributed by atoms with Gasteiger partial charge in [-0.1, -0.05) is 18.2 Å². The summed E-state index contributed by atoms with van der Waals surface area (Å²) in [6.07, 6.45) is 9.36. The maximum absolute atomic E-state index is 11.2. The lowest BCUT2D eigenvalue weighted by Crippen LogP contribution is -2.40. The Morgan fingerprint density at radius 2 is 2.00 bits per heavy atom. The van der Waals surface area contributed by atoms with Crippen molar-refractivity contribution in [2.45, 2.75) is 26.4 Å². The molecule has 3 rings (SSSR count). The van der Waals surface area contributed by atoms with Crippen molar-refractivity contribution in [3.05, 3.63) is 24.3 Å². The highest BCUT2D eigenvalue weighted by Crippen LogP contribution is 2.61. The summed E-state index contributed by atoms with van der Waals surface area (Å²) in [6.45, 7) is 3.24. The molecule has 4 heteroatoms. The number of ether oxygens (including phenoxy) is 2. The fourth-order valence-electron chi connectivity index (χ4n) is 4.00. The molecular formula is C15H18O4. The van der Waals surface area contributed by atoms with Gasteiger partial charge in [0.15, 0.2) is 0 Å². The topological polar surface area (TPSA) is 52.6 Å². The van der Waals surface area contributed by atoms with E-state index in [2.05, 4.69) is 18.2 Å². The first-order valence-corrected chi connectivity index (χ1v) is 6.71. The zero-order valence-corrected chi connectivity index (χ0v) is 11.2. The molecule has 0 aliphatic heterocycles. The summed E-state index contributed by atoms with van der Waals surface area (Å²) < 4.78 is 10.7. The van der Waals surface area contributed by atoms with Gasteiger partial charge in [-0.2, -0.15) is 0 Å². The van der Waals surface area contributed by atoms with E-state index in [-0.39, 0.29) is 29.4 Å². The number of carbonyl (C=O) groups is 2. The van der Waals surface area contributed by atoms with Crippen LogP contribution in [0.2, 0.25) is 0 Å². The van der Waals surface area contributed by atoms with Gasteiger partial charge in [-0.25, -0.2) is 0 Å². The predicted molar refractivity (Wildman–Crippen MR) is 68.0 cm³/mol. The van der Waals surface area contributed by atoms with Gasteiger partial charge in [0, 0.05) is 25.2 Å². The van der Waals surface area contributed by atoms with Crippen LogP contribution in [0.5, 0.6) is 0 Å². The summed E-state index contributed by atoms with van der Waals surface area (Å²) in [4.78, 5) is 22.3. The van der Waals surface area contributed by atoms with Gasteiger partial charge in [0.25, 0.3) is 0 Å². The van der Waals surface area contributed by atoms with Gasteiger partial charge in [0.2, 0.25) is 0 Å². The predicted octanol–water partition coefficient (Wildman–Crippen LogP) is 1.86.